The van der Waals surface area contributed by atoms with Gasteiger partial charge in [0.2, 0.25) is 11.1 Å². The second-order valence-electron chi connectivity index (χ2n) is 7.16. The topological polar surface area (TPSA) is 95.1 Å². The zero-order chi connectivity index (χ0) is 23.2. The van der Waals surface area contributed by atoms with Gasteiger partial charge in [0.1, 0.15) is 16.8 Å². The number of aromatic nitrogens is 3. The molecular weight excluding hydrogens is 441 g/mol. The van der Waals surface area contributed by atoms with E-state index in [1.54, 1.807) is 49.6 Å². The van der Waals surface area contributed by atoms with Crippen LogP contribution in [0.5, 0.6) is 5.75 Å². The summed E-state index contributed by atoms with van der Waals surface area (Å²) in [5.41, 5.74) is 1.88. The number of amides is 1. The molecule has 0 aliphatic rings. The summed E-state index contributed by atoms with van der Waals surface area (Å²) in [6.07, 6.45) is 0.185. The molecule has 0 radical (unpaired) electrons. The third-order valence-electron chi connectivity index (χ3n) is 4.96. The lowest BCUT2D eigenvalue weighted by Gasteiger charge is -2.16. The molecule has 3 N–H and O–H groups in total. The first-order valence-corrected chi connectivity index (χ1v) is 11.0. The van der Waals surface area contributed by atoms with E-state index in [1.165, 1.54) is 22.5 Å². The van der Waals surface area contributed by atoms with Gasteiger partial charge in [0.15, 0.2) is 5.82 Å². The molecule has 33 heavy (non-hydrogen) atoms. The van der Waals surface area contributed by atoms with E-state index in [-0.39, 0.29) is 18.1 Å². The molecule has 0 saturated heterocycles. The molecular formula is C24H22FN5O2S. The maximum atomic E-state index is 14.0. The van der Waals surface area contributed by atoms with Crippen LogP contribution >= 0.6 is 11.8 Å². The molecule has 1 amide bonds. The van der Waals surface area contributed by atoms with Gasteiger partial charge in [-0.15, -0.1) is 10.2 Å². The maximum absolute atomic E-state index is 14.0. The molecule has 168 valence electrons. The molecule has 1 heterocycles. The minimum absolute atomic E-state index is 0.185. The zero-order valence-corrected chi connectivity index (χ0v) is 18.6. The number of anilines is 1. The summed E-state index contributed by atoms with van der Waals surface area (Å²) in [6, 6.07) is 22.8. The first-order chi connectivity index (χ1) is 16.0. The standard InChI is InChI=1S/C24H22FN5O2S/c1-32-19-13-11-18(12-14-19)27-23(31)22(16-7-3-2-4-8-16)33-24-29-28-21(30(24)26)15-17-9-5-6-10-20(17)25/h2-14,22H,15,26H2,1H3,(H,27,31). The molecule has 1 unspecified atom stereocenters. The van der Waals surface area contributed by atoms with Crippen LogP contribution in [0, 0.1) is 5.82 Å². The number of nitrogens with two attached hydrogens (primary N) is 1. The lowest BCUT2D eigenvalue weighted by Crippen LogP contribution is -2.21. The van der Waals surface area contributed by atoms with Gasteiger partial charge in [-0.05, 0) is 41.5 Å². The van der Waals surface area contributed by atoms with E-state index >= 15 is 0 Å². The number of nitrogens with zero attached hydrogens (tertiary/aromatic N) is 3. The molecule has 7 nitrogen and oxygen atoms in total. The minimum Gasteiger partial charge on any atom is -0.497 e. The lowest BCUT2D eigenvalue weighted by molar-refractivity contribution is -0.115. The highest BCUT2D eigenvalue weighted by Gasteiger charge is 2.25. The number of halogens is 1. The van der Waals surface area contributed by atoms with Crippen molar-refractivity contribution in [2.45, 2.75) is 16.8 Å². The predicted molar refractivity (Wildman–Crippen MR) is 126 cm³/mol. The summed E-state index contributed by atoms with van der Waals surface area (Å²) in [6.45, 7) is 0. The number of methoxy groups -OCH3 is 1. The predicted octanol–water partition coefficient (Wildman–Crippen LogP) is 4.20. The van der Waals surface area contributed by atoms with E-state index in [0.717, 1.165) is 5.56 Å². The molecule has 4 aromatic rings. The van der Waals surface area contributed by atoms with Gasteiger partial charge in [-0.25, -0.2) is 9.07 Å². The molecule has 1 aromatic heterocycles. The molecule has 1 atom stereocenters. The van der Waals surface area contributed by atoms with Crippen molar-refractivity contribution in [2.75, 3.05) is 18.3 Å². The quantitative estimate of drug-likeness (QED) is 0.300. The number of benzene rings is 3. The number of rotatable bonds is 8. The fraction of sp³-hybridized carbons (Fsp3) is 0.125. The highest BCUT2D eigenvalue weighted by Crippen LogP contribution is 2.35. The number of nitrogen functional groups attached to an aromatic ring is 1. The summed E-state index contributed by atoms with van der Waals surface area (Å²) < 4.78 is 20.5. The van der Waals surface area contributed by atoms with Crippen LogP contribution in [-0.4, -0.2) is 27.9 Å². The molecule has 0 aliphatic heterocycles. The number of thioether (sulfide) groups is 1. The van der Waals surface area contributed by atoms with Gasteiger partial charge >= 0.3 is 0 Å². The van der Waals surface area contributed by atoms with Crippen LogP contribution in [0.25, 0.3) is 0 Å². The third-order valence-corrected chi connectivity index (χ3v) is 6.17. The normalized spacial score (nSPS) is 11.7. The van der Waals surface area contributed by atoms with Crippen molar-refractivity contribution in [1.29, 1.82) is 0 Å². The fourth-order valence-corrected chi connectivity index (χ4v) is 4.19. The van der Waals surface area contributed by atoms with Crippen molar-refractivity contribution in [1.82, 2.24) is 14.9 Å². The van der Waals surface area contributed by atoms with Crippen LogP contribution in [-0.2, 0) is 11.2 Å². The Morgan fingerprint density at radius 3 is 2.45 bits per heavy atom. The summed E-state index contributed by atoms with van der Waals surface area (Å²) >= 11 is 1.17. The molecule has 0 spiro atoms. The van der Waals surface area contributed by atoms with Crippen molar-refractivity contribution in [3.63, 3.8) is 0 Å². The van der Waals surface area contributed by atoms with E-state index in [9.17, 15) is 9.18 Å². The largest absolute Gasteiger partial charge is 0.497 e. The van der Waals surface area contributed by atoms with Gasteiger partial charge in [0.05, 0.1) is 7.11 Å². The number of hydrogen-bond donors (Lipinski definition) is 2. The SMILES string of the molecule is COc1ccc(NC(=O)C(Sc2nnc(Cc3ccccc3F)n2N)c2ccccc2)cc1. The van der Waals surface area contributed by atoms with Crippen molar-refractivity contribution < 1.29 is 13.9 Å². The Balaban J connectivity index is 1.56. The number of nitrogens with one attached hydrogen (secondary N) is 1. The van der Waals surface area contributed by atoms with Crippen LogP contribution in [0.3, 0.4) is 0 Å². The van der Waals surface area contributed by atoms with Crippen molar-refractivity contribution in [3.05, 3.63) is 102 Å². The highest BCUT2D eigenvalue weighted by molar-refractivity contribution is 8.00. The third kappa shape index (κ3) is 5.32. The van der Waals surface area contributed by atoms with Gasteiger partial charge in [-0.3, -0.25) is 4.79 Å². The smallest absolute Gasteiger partial charge is 0.242 e. The van der Waals surface area contributed by atoms with E-state index in [2.05, 4.69) is 15.5 Å². The van der Waals surface area contributed by atoms with Gasteiger partial charge in [0, 0.05) is 12.1 Å². The first kappa shape index (κ1) is 22.3. The fourth-order valence-electron chi connectivity index (χ4n) is 3.21. The highest BCUT2D eigenvalue weighted by atomic mass is 32.2. The van der Waals surface area contributed by atoms with Crippen LogP contribution in [0.15, 0.2) is 84.0 Å². The Kier molecular flexibility index (Phi) is 6.89. The zero-order valence-electron chi connectivity index (χ0n) is 17.8. The minimum atomic E-state index is -0.638. The lowest BCUT2D eigenvalue weighted by atomic mass is 10.1. The Morgan fingerprint density at radius 2 is 1.76 bits per heavy atom. The average Bonchev–Trinajstić information content (AvgIpc) is 3.18. The maximum Gasteiger partial charge on any atom is 0.242 e. The molecule has 0 aliphatic carbocycles. The van der Waals surface area contributed by atoms with Gasteiger partial charge in [-0.2, -0.15) is 0 Å². The van der Waals surface area contributed by atoms with Crippen molar-refractivity contribution >= 4 is 23.4 Å². The second kappa shape index (κ2) is 10.2. The average molecular weight is 464 g/mol. The number of ether oxygens (including phenoxy) is 1. The van der Waals surface area contributed by atoms with E-state index in [4.69, 9.17) is 10.6 Å². The van der Waals surface area contributed by atoms with Crippen molar-refractivity contribution in [2.24, 2.45) is 0 Å². The van der Waals surface area contributed by atoms with Crippen LogP contribution < -0.4 is 15.9 Å². The molecule has 0 bridgehead atoms. The van der Waals surface area contributed by atoms with Gasteiger partial charge < -0.3 is 15.9 Å². The molecule has 9 heteroatoms. The molecule has 0 fully saturated rings. The van der Waals surface area contributed by atoms with Crippen LogP contribution in [0.1, 0.15) is 22.2 Å². The van der Waals surface area contributed by atoms with Gasteiger partial charge in [-0.1, -0.05) is 60.3 Å². The Morgan fingerprint density at radius 1 is 1.06 bits per heavy atom. The Hall–Kier alpha value is -3.85. The number of carbonyl (C=O) groups excluding carboxylic acids is 1. The van der Waals surface area contributed by atoms with Gasteiger partial charge in [0.25, 0.3) is 0 Å². The molecule has 3 aromatic carbocycles. The summed E-state index contributed by atoms with van der Waals surface area (Å²) in [5, 5.41) is 10.9. The first-order valence-electron chi connectivity index (χ1n) is 10.1. The molecule has 4 rings (SSSR count). The van der Waals surface area contributed by atoms with E-state index in [0.29, 0.717) is 28.0 Å². The Bertz CT molecular complexity index is 1230. The number of carbonyl (C=O) groups is 1. The van der Waals surface area contributed by atoms with Crippen LogP contribution in [0.4, 0.5) is 10.1 Å². The van der Waals surface area contributed by atoms with Crippen molar-refractivity contribution in [3.8, 4) is 5.75 Å². The monoisotopic (exact) mass is 463 g/mol. The summed E-state index contributed by atoms with van der Waals surface area (Å²) in [7, 11) is 1.58. The summed E-state index contributed by atoms with van der Waals surface area (Å²) in [5.74, 6) is 6.73. The molecule has 0 saturated carbocycles. The second-order valence-corrected chi connectivity index (χ2v) is 8.24. The van der Waals surface area contributed by atoms with Crippen LogP contribution in [0.2, 0.25) is 0 Å². The van der Waals surface area contributed by atoms with E-state index < -0.39 is 5.25 Å². The summed E-state index contributed by atoms with van der Waals surface area (Å²) in [4.78, 5) is 13.2. The Labute approximate surface area is 194 Å². The van der Waals surface area contributed by atoms with E-state index in [1.807, 2.05) is 30.3 Å². The number of hydrogen-bond acceptors (Lipinski definition) is 6.